The molecule has 0 saturated carbocycles. The average molecular weight is 429 g/mol. The van der Waals surface area contributed by atoms with Crippen LogP contribution in [0.5, 0.6) is 0 Å². The van der Waals surface area contributed by atoms with Crippen molar-refractivity contribution in [2.24, 2.45) is 10.8 Å². The lowest BCUT2D eigenvalue weighted by molar-refractivity contribution is -0.120. The predicted octanol–water partition coefficient (Wildman–Crippen LogP) is 5.85. The number of Topliss-reactive ketones (excluding diaryl/α,β-unsaturated/α-hetero) is 2. The zero-order valence-electron chi connectivity index (χ0n) is 16.3. The molecular formula is C23H25BrO3. The summed E-state index contributed by atoms with van der Waals surface area (Å²) in [5.74, 6) is 1.41. The number of ether oxygens (including phenoxy) is 1. The van der Waals surface area contributed by atoms with Gasteiger partial charge in [0.25, 0.3) is 0 Å². The van der Waals surface area contributed by atoms with E-state index >= 15 is 0 Å². The van der Waals surface area contributed by atoms with E-state index in [2.05, 4.69) is 43.6 Å². The molecule has 1 aromatic carbocycles. The smallest absolute Gasteiger partial charge is 0.163 e. The van der Waals surface area contributed by atoms with Crippen molar-refractivity contribution >= 4 is 27.5 Å². The molecule has 0 atom stereocenters. The van der Waals surface area contributed by atoms with Crippen LogP contribution in [0.25, 0.3) is 0 Å². The number of halogens is 1. The minimum atomic E-state index is -0.327. The summed E-state index contributed by atoms with van der Waals surface area (Å²) in [6.45, 7) is 8.41. The number of rotatable bonds is 1. The van der Waals surface area contributed by atoms with Crippen molar-refractivity contribution in [3.63, 3.8) is 0 Å². The maximum absolute atomic E-state index is 13.2. The van der Waals surface area contributed by atoms with Gasteiger partial charge in [-0.3, -0.25) is 9.59 Å². The topological polar surface area (TPSA) is 43.4 Å². The first kappa shape index (κ1) is 18.7. The molecule has 1 aromatic rings. The summed E-state index contributed by atoms with van der Waals surface area (Å²) in [5, 5.41) is 0. The first-order valence-electron chi connectivity index (χ1n) is 9.53. The Morgan fingerprint density at radius 3 is 1.81 bits per heavy atom. The molecule has 0 aromatic heterocycles. The van der Waals surface area contributed by atoms with Gasteiger partial charge in [-0.25, -0.2) is 0 Å². The van der Waals surface area contributed by atoms with Crippen LogP contribution in [-0.4, -0.2) is 11.6 Å². The number of allylic oxidation sites excluding steroid dienone is 4. The van der Waals surface area contributed by atoms with Crippen LogP contribution in [0.4, 0.5) is 0 Å². The quantitative estimate of drug-likeness (QED) is 0.563. The summed E-state index contributed by atoms with van der Waals surface area (Å²) in [7, 11) is 0. The van der Waals surface area contributed by atoms with E-state index < -0.39 is 0 Å². The first-order chi connectivity index (χ1) is 12.6. The summed E-state index contributed by atoms with van der Waals surface area (Å²) in [5.41, 5.74) is 2.10. The number of hydrogen-bond acceptors (Lipinski definition) is 3. The first-order valence-corrected chi connectivity index (χ1v) is 10.3. The lowest BCUT2D eigenvalue weighted by Gasteiger charge is -2.42. The Kier molecular flexibility index (Phi) is 4.26. The van der Waals surface area contributed by atoms with Gasteiger partial charge in [0.1, 0.15) is 11.5 Å². The molecule has 0 amide bonds. The third kappa shape index (κ3) is 3.22. The highest BCUT2D eigenvalue weighted by Crippen LogP contribution is 2.53. The lowest BCUT2D eigenvalue weighted by atomic mass is 9.65. The maximum atomic E-state index is 13.2. The normalized spacial score (nSPS) is 24.5. The third-order valence-electron chi connectivity index (χ3n) is 5.80. The van der Waals surface area contributed by atoms with Crippen LogP contribution in [0.1, 0.15) is 64.9 Å². The number of carbonyl (C=O) groups excluding carboxylic acids is 2. The van der Waals surface area contributed by atoms with E-state index in [0.717, 1.165) is 34.4 Å². The standard InChI is InChI=1S/C23H25BrO3/c1-22(2)9-15(25)20-17(11-22)27-18-12-23(3,4)10-16(26)21(18)19(20)13-7-5-6-8-14(13)24/h5-8,19H,9-12H2,1-4H3. The van der Waals surface area contributed by atoms with Crippen molar-refractivity contribution in [1.29, 1.82) is 0 Å². The largest absolute Gasteiger partial charge is 0.465 e. The molecule has 0 N–H and O–H groups in total. The van der Waals surface area contributed by atoms with Gasteiger partial charge in [-0.2, -0.15) is 0 Å². The molecule has 1 heterocycles. The van der Waals surface area contributed by atoms with Crippen molar-refractivity contribution in [2.75, 3.05) is 0 Å². The second kappa shape index (κ2) is 6.16. The summed E-state index contributed by atoms with van der Waals surface area (Å²) in [4.78, 5) is 26.3. The van der Waals surface area contributed by atoms with Crippen molar-refractivity contribution in [3.8, 4) is 0 Å². The molecular weight excluding hydrogens is 404 g/mol. The van der Waals surface area contributed by atoms with Gasteiger partial charge in [0.05, 0.1) is 0 Å². The number of ketones is 2. The Morgan fingerprint density at radius 2 is 1.33 bits per heavy atom. The predicted molar refractivity (Wildman–Crippen MR) is 108 cm³/mol. The molecule has 0 fully saturated rings. The van der Waals surface area contributed by atoms with E-state index in [1.807, 2.05) is 24.3 Å². The highest BCUT2D eigenvalue weighted by Gasteiger charge is 2.48. The van der Waals surface area contributed by atoms with Crippen LogP contribution in [-0.2, 0) is 14.3 Å². The van der Waals surface area contributed by atoms with Crippen LogP contribution in [0.3, 0.4) is 0 Å². The zero-order chi connectivity index (χ0) is 19.6. The van der Waals surface area contributed by atoms with E-state index in [-0.39, 0.29) is 28.3 Å². The van der Waals surface area contributed by atoms with Gasteiger partial charge in [-0.1, -0.05) is 61.8 Å². The molecule has 1 aliphatic heterocycles. The van der Waals surface area contributed by atoms with Gasteiger partial charge < -0.3 is 4.74 Å². The van der Waals surface area contributed by atoms with E-state index in [9.17, 15) is 9.59 Å². The van der Waals surface area contributed by atoms with Gasteiger partial charge in [0, 0.05) is 47.2 Å². The molecule has 3 aliphatic rings. The third-order valence-corrected chi connectivity index (χ3v) is 6.52. The minimum absolute atomic E-state index is 0.103. The summed E-state index contributed by atoms with van der Waals surface area (Å²) in [6.07, 6.45) is 2.41. The molecule has 0 saturated heterocycles. The van der Waals surface area contributed by atoms with Crippen molar-refractivity contribution in [3.05, 3.63) is 57.0 Å². The van der Waals surface area contributed by atoms with Gasteiger partial charge in [0.15, 0.2) is 11.6 Å². The molecule has 0 unspecified atom stereocenters. The minimum Gasteiger partial charge on any atom is -0.465 e. The van der Waals surface area contributed by atoms with Crippen LogP contribution < -0.4 is 0 Å². The van der Waals surface area contributed by atoms with Gasteiger partial charge in [-0.05, 0) is 22.5 Å². The lowest BCUT2D eigenvalue weighted by Crippen LogP contribution is -2.37. The van der Waals surface area contributed by atoms with E-state index in [1.54, 1.807) is 0 Å². The molecule has 27 heavy (non-hydrogen) atoms. The summed E-state index contributed by atoms with van der Waals surface area (Å²) >= 11 is 3.64. The maximum Gasteiger partial charge on any atom is 0.163 e. The van der Waals surface area contributed by atoms with E-state index in [1.165, 1.54) is 0 Å². The fourth-order valence-electron chi connectivity index (χ4n) is 4.69. The van der Waals surface area contributed by atoms with Gasteiger partial charge in [-0.15, -0.1) is 0 Å². The van der Waals surface area contributed by atoms with Crippen LogP contribution in [0.15, 0.2) is 51.4 Å². The summed E-state index contributed by atoms with van der Waals surface area (Å²) < 4.78 is 7.22. The van der Waals surface area contributed by atoms with Crippen LogP contribution in [0.2, 0.25) is 0 Å². The van der Waals surface area contributed by atoms with Crippen LogP contribution >= 0.6 is 15.9 Å². The molecule has 0 bridgehead atoms. The molecule has 2 aliphatic carbocycles. The monoisotopic (exact) mass is 428 g/mol. The zero-order valence-corrected chi connectivity index (χ0v) is 17.9. The average Bonchev–Trinajstić information content (AvgIpc) is 2.51. The van der Waals surface area contributed by atoms with Crippen molar-refractivity contribution in [1.82, 2.24) is 0 Å². The second-order valence-corrected chi connectivity index (χ2v) is 10.5. The van der Waals surface area contributed by atoms with Gasteiger partial charge in [0.2, 0.25) is 0 Å². The SMILES string of the molecule is CC1(C)CC(=O)C2=C(C1)OC1=C(C(=O)CC(C)(C)C1)C2c1ccccc1Br. The molecule has 3 nitrogen and oxygen atoms in total. The number of carbonyl (C=O) groups is 2. The summed E-state index contributed by atoms with van der Waals surface area (Å²) in [6, 6.07) is 7.90. The molecule has 0 radical (unpaired) electrons. The second-order valence-electron chi connectivity index (χ2n) is 9.61. The van der Waals surface area contributed by atoms with Gasteiger partial charge >= 0.3 is 0 Å². The molecule has 142 valence electrons. The molecule has 4 rings (SSSR count). The number of hydrogen-bond donors (Lipinski definition) is 0. The Labute approximate surface area is 169 Å². The fraction of sp³-hybridized carbons (Fsp3) is 0.478. The Bertz CT molecular complexity index is 865. The highest BCUT2D eigenvalue weighted by molar-refractivity contribution is 9.10. The molecule has 4 heteroatoms. The highest BCUT2D eigenvalue weighted by atomic mass is 79.9. The van der Waals surface area contributed by atoms with Crippen molar-refractivity contribution in [2.45, 2.75) is 59.3 Å². The Hall–Kier alpha value is -1.68. The van der Waals surface area contributed by atoms with Crippen LogP contribution in [0, 0.1) is 10.8 Å². The van der Waals surface area contributed by atoms with E-state index in [4.69, 9.17) is 4.74 Å². The number of benzene rings is 1. The van der Waals surface area contributed by atoms with E-state index in [0.29, 0.717) is 24.0 Å². The van der Waals surface area contributed by atoms with Crippen molar-refractivity contribution < 1.29 is 14.3 Å². The Balaban J connectivity index is 1.94. The molecule has 0 spiro atoms. The Morgan fingerprint density at radius 1 is 0.852 bits per heavy atom. The fourth-order valence-corrected chi connectivity index (χ4v) is 5.21.